The summed E-state index contributed by atoms with van der Waals surface area (Å²) in [6.45, 7) is 1.96. The van der Waals surface area contributed by atoms with Crippen LogP contribution in [-0.4, -0.2) is 19.7 Å². The minimum Gasteiger partial charge on any atom is -0.330 e. The van der Waals surface area contributed by atoms with E-state index in [1.165, 1.54) is 0 Å². The highest BCUT2D eigenvalue weighted by Gasteiger charge is 2.05. The predicted molar refractivity (Wildman–Crippen MR) is 56.4 cm³/mol. The topological polar surface area (TPSA) is 46.5 Å². The number of aromatic amines is 1. The van der Waals surface area contributed by atoms with Crippen molar-refractivity contribution < 1.29 is 0 Å². The van der Waals surface area contributed by atoms with Gasteiger partial charge < -0.3 is 4.98 Å². The Kier molecular flexibility index (Phi) is 2.17. The van der Waals surface area contributed by atoms with E-state index in [1.807, 2.05) is 26.2 Å². The Balaban J connectivity index is 2.59. The van der Waals surface area contributed by atoms with Gasteiger partial charge in [-0.2, -0.15) is 5.10 Å². The molecule has 0 aliphatic rings. The van der Waals surface area contributed by atoms with Crippen LogP contribution in [-0.2, 0) is 7.05 Å². The number of hydrogen-bond donors (Lipinski definition) is 1. The van der Waals surface area contributed by atoms with Crippen LogP contribution in [0.2, 0.25) is 0 Å². The van der Waals surface area contributed by atoms with Crippen LogP contribution in [0.5, 0.6) is 0 Å². The van der Waals surface area contributed by atoms with E-state index in [4.69, 9.17) is 12.2 Å². The molecule has 0 aliphatic carbocycles. The SMILES string of the molecule is Cc1nn(C)cc1-c1ccnc(=S)[nH]1. The van der Waals surface area contributed by atoms with Crippen LogP contribution in [0.15, 0.2) is 18.5 Å². The molecule has 0 radical (unpaired) electrons. The molecule has 0 spiro atoms. The summed E-state index contributed by atoms with van der Waals surface area (Å²) in [6.07, 6.45) is 3.65. The number of rotatable bonds is 1. The van der Waals surface area contributed by atoms with Crippen LogP contribution in [0.1, 0.15) is 5.69 Å². The van der Waals surface area contributed by atoms with Crippen LogP contribution < -0.4 is 0 Å². The highest BCUT2D eigenvalue weighted by atomic mass is 32.1. The van der Waals surface area contributed by atoms with Crippen LogP contribution in [0.3, 0.4) is 0 Å². The van der Waals surface area contributed by atoms with E-state index in [0.29, 0.717) is 4.77 Å². The molecule has 0 aromatic carbocycles. The van der Waals surface area contributed by atoms with E-state index in [1.54, 1.807) is 10.9 Å². The molecule has 0 atom stereocenters. The maximum Gasteiger partial charge on any atom is 0.197 e. The fourth-order valence-electron chi connectivity index (χ4n) is 1.39. The zero-order valence-electron chi connectivity index (χ0n) is 7.98. The maximum absolute atomic E-state index is 4.96. The molecule has 72 valence electrons. The zero-order valence-corrected chi connectivity index (χ0v) is 8.80. The Hall–Kier alpha value is -1.49. The molecule has 2 heterocycles. The Labute approximate surface area is 86.6 Å². The minimum absolute atomic E-state index is 0.491. The largest absolute Gasteiger partial charge is 0.330 e. The molecule has 5 heteroatoms. The molecule has 2 aromatic heterocycles. The maximum atomic E-state index is 4.96. The molecular formula is C9H10N4S. The number of hydrogen-bond acceptors (Lipinski definition) is 3. The molecular weight excluding hydrogens is 196 g/mol. The van der Waals surface area contributed by atoms with E-state index in [9.17, 15) is 0 Å². The van der Waals surface area contributed by atoms with Crippen molar-refractivity contribution in [3.05, 3.63) is 28.9 Å². The van der Waals surface area contributed by atoms with Gasteiger partial charge in [-0.05, 0) is 25.2 Å². The van der Waals surface area contributed by atoms with Gasteiger partial charge in [0, 0.05) is 25.0 Å². The Morgan fingerprint density at radius 3 is 2.86 bits per heavy atom. The van der Waals surface area contributed by atoms with Crippen LogP contribution >= 0.6 is 12.2 Å². The summed E-state index contributed by atoms with van der Waals surface area (Å²) in [5, 5.41) is 4.26. The lowest BCUT2D eigenvalue weighted by Crippen LogP contribution is -1.86. The van der Waals surface area contributed by atoms with Crippen molar-refractivity contribution in [2.45, 2.75) is 6.92 Å². The van der Waals surface area contributed by atoms with Gasteiger partial charge in [0.05, 0.1) is 11.4 Å². The summed E-state index contributed by atoms with van der Waals surface area (Å²) >= 11 is 4.96. The Bertz CT molecular complexity index is 512. The van der Waals surface area contributed by atoms with Crippen molar-refractivity contribution >= 4 is 12.2 Å². The fraction of sp³-hybridized carbons (Fsp3) is 0.222. The van der Waals surface area contributed by atoms with Gasteiger partial charge in [0.2, 0.25) is 0 Å². The molecule has 0 fully saturated rings. The van der Waals surface area contributed by atoms with Crippen molar-refractivity contribution in [1.29, 1.82) is 0 Å². The normalized spacial score (nSPS) is 10.4. The van der Waals surface area contributed by atoms with E-state index in [0.717, 1.165) is 17.0 Å². The van der Waals surface area contributed by atoms with Gasteiger partial charge in [0.15, 0.2) is 4.77 Å². The first-order chi connectivity index (χ1) is 6.66. The third-order valence-electron chi connectivity index (χ3n) is 1.98. The first kappa shape index (κ1) is 9.08. The number of aromatic nitrogens is 4. The smallest absolute Gasteiger partial charge is 0.197 e. The second-order valence-corrected chi connectivity index (χ2v) is 3.48. The number of nitrogens with zero attached hydrogens (tertiary/aromatic N) is 3. The van der Waals surface area contributed by atoms with E-state index in [2.05, 4.69) is 15.1 Å². The molecule has 2 rings (SSSR count). The lowest BCUT2D eigenvalue weighted by Gasteiger charge is -1.97. The predicted octanol–water partition coefficient (Wildman–Crippen LogP) is 1.85. The van der Waals surface area contributed by atoms with Gasteiger partial charge in [-0.1, -0.05) is 0 Å². The fourth-order valence-corrected chi connectivity index (χ4v) is 1.56. The van der Waals surface area contributed by atoms with Gasteiger partial charge in [0.1, 0.15) is 0 Å². The van der Waals surface area contributed by atoms with Gasteiger partial charge in [0.25, 0.3) is 0 Å². The first-order valence-electron chi connectivity index (χ1n) is 4.23. The lowest BCUT2D eigenvalue weighted by molar-refractivity contribution is 0.756. The van der Waals surface area contributed by atoms with Gasteiger partial charge in [-0.25, -0.2) is 4.98 Å². The van der Waals surface area contributed by atoms with Crippen molar-refractivity contribution in [2.24, 2.45) is 7.05 Å². The van der Waals surface area contributed by atoms with Crippen LogP contribution in [0, 0.1) is 11.7 Å². The summed E-state index contributed by atoms with van der Waals surface area (Å²) in [5.41, 5.74) is 2.99. The van der Waals surface area contributed by atoms with Gasteiger partial charge in [-0.3, -0.25) is 4.68 Å². The molecule has 0 aliphatic heterocycles. The molecule has 1 N–H and O–H groups in total. The molecule has 14 heavy (non-hydrogen) atoms. The summed E-state index contributed by atoms with van der Waals surface area (Å²) in [4.78, 5) is 6.96. The lowest BCUT2D eigenvalue weighted by atomic mass is 10.2. The molecule has 0 amide bonds. The van der Waals surface area contributed by atoms with E-state index < -0.39 is 0 Å². The third kappa shape index (κ3) is 1.58. The van der Waals surface area contributed by atoms with Crippen molar-refractivity contribution in [3.8, 4) is 11.3 Å². The molecule has 2 aromatic rings. The first-order valence-corrected chi connectivity index (χ1v) is 4.63. The van der Waals surface area contributed by atoms with Crippen LogP contribution in [0.25, 0.3) is 11.3 Å². The molecule has 0 saturated carbocycles. The highest BCUT2D eigenvalue weighted by Crippen LogP contribution is 2.18. The van der Waals surface area contributed by atoms with E-state index >= 15 is 0 Å². The number of nitrogens with one attached hydrogen (secondary N) is 1. The third-order valence-corrected chi connectivity index (χ3v) is 2.19. The van der Waals surface area contributed by atoms with E-state index in [-0.39, 0.29) is 0 Å². The summed E-state index contributed by atoms with van der Waals surface area (Å²) < 4.78 is 2.27. The Morgan fingerprint density at radius 2 is 2.29 bits per heavy atom. The van der Waals surface area contributed by atoms with Gasteiger partial charge >= 0.3 is 0 Å². The summed E-state index contributed by atoms with van der Waals surface area (Å²) in [7, 11) is 1.90. The zero-order chi connectivity index (χ0) is 10.1. The quantitative estimate of drug-likeness (QED) is 0.724. The standard InChI is InChI=1S/C9H10N4S/c1-6-7(5-13(2)12-6)8-3-4-10-9(14)11-8/h3-5H,1-2H3,(H,10,11,14). The van der Waals surface area contributed by atoms with Crippen LogP contribution in [0.4, 0.5) is 0 Å². The monoisotopic (exact) mass is 206 g/mol. The van der Waals surface area contributed by atoms with Gasteiger partial charge in [-0.15, -0.1) is 0 Å². The molecule has 0 bridgehead atoms. The molecule has 0 saturated heterocycles. The van der Waals surface area contributed by atoms with Crippen molar-refractivity contribution in [1.82, 2.24) is 19.7 Å². The number of H-pyrrole nitrogens is 1. The average molecular weight is 206 g/mol. The Morgan fingerprint density at radius 1 is 1.50 bits per heavy atom. The summed E-state index contributed by atoms with van der Waals surface area (Å²) in [5.74, 6) is 0. The summed E-state index contributed by atoms with van der Waals surface area (Å²) in [6, 6.07) is 1.89. The number of aryl methyl sites for hydroxylation is 2. The molecule has 0 unspecified atom stereocenters. The van der Waals surface area contributed by atoms with Crippen molar-refractivity contribution in [3.63, 3.8) is 0 Å². The van der Waals surface area contributed by atoms with Crippen molar-refractivity contribution in [2.75, 3.05) is 0 Å². The second kappa shape index (κ2) is 3.34. The average Bonchev–Trinajstić information content (AvgIpc) is 2.45. The molecule has 4 nitrogen and oxygen atoms in total. The highest BCUT2D eigenvalue weighted by molar-refractivity contribution is 7.71. The minimum atomic E-state index is 0.491. The second-order valence-electron chi connectivity index (χ2n) is 3.09.